The Kier molecular flexibility index (Phi) is 2.52. The summed E-state index contributed by atoms with van der Waals surface area (Å²) in [5, 5.41) is 11.1. The van der Waals surface area contributed by atoms with Gasteiger partial charge in [-0.2, -0.15) is 0 Å². The molecule has 0 aliphatic carbocycles. The van der Waals surface area contributed by atoms with Gasteiger partial charge in [-0.05, 0) is 28.5 Å². The van der Waals surface area contributed by atoms with Gasteiger partial charge in [0.25, 0.3) is 0 Å². The summed E-state index contributed by atoms with van der Waals surface area (Å²) in [4.78, 5) is 10.9. The molecule has 18 heavy (non-hydrogen) atoms. The molecule has 3 heteroatoms. The number of fused-ring (bicyclic) bond motifs is 3. The molecule has 0 fully saturated rings. The first kappa shape index (κ1) is 10.8. The maximum Gasteiger partial charge on any atom is 0.307 e. The van der Waals surface area contributed by atoms with E-state index in [2.05, 4.69) is 0 Å². The maximum absolute atomic E-state index is 10.9. The summed E-state index contributed by atoms with van der Waals surface area (Å²) in [6.07, 6.45) is 1.88. The van der Waals surface area contributed by atoms with Crippen LogP contribution in [0.15, 0.2) is 42.5 Å². The van der Waals surface area contributed by atoms with Crippen LogP contribution < -0.4 is 4.74 Å². The minimum atomic E-state index is -0.818. The van der Waals surface area contributed by atoms with E-state index in [1.54, 1.807) is 0 Å². The van der Waals surface area contributed by atoms with Crippen molar-refractivity contribution in [3.8, 4) is 5.75 Å². The average molecular weight is 240 g/mol. The highest BCUT2D eigenvalue weighted by Gasteiger charge is 2.18. The number of carbonyl (C=O) groups is 1. The third kappa shape index (κ3) is 1.74. The van der Waals surface area contributed by atoms with Crippen molar-refractivity contribution in [1.82, 2.24) is 0 Å². The molecule has 0 aromatic heterocycles. The van der Waals surface area contributed by atoms with Gasteiger partial charge in [0, 0.05) is 5.56 Å². The van der Waals surface area contributed by atoms with Crippen LogP contribution in [0.1, 0.15) is 12.0 Å². The predicted molar refractivity (Wildman–Crippen MR) is 69.7 cm³/mol. The Morgan fingerprint density at radius 3 is 2.89 bits per heavy atom. The Hall–Kier alpha value is -2.29. The first-order chi connectivity index (χ1) is 8.75. The van der Waals surface area contributed by atoms with Crippen molar-refractivity contribution in [3.05, 3.63) is 48.0 Å². The van der Waals surface area contributed by atoms with Crippen LogP contribution in [-0.2, 0) is 4.79 Å². The van der Waals surface area contributed by atoms with Crippen LogP contribution >= 0.6 is 0 Å². The van der Waals surface area contributed by atoms with E-state index in [0.717, 1.165) is 27.7 Å². The lowest BCUT2D eigenvalue weighted by molar-refractivity contribution is -0.135. The van der Waals surface area contributed by atoms with Gasteiger partial charge in [0.05, 0.1) is 6.42 Å². The zero-order valence-corrected chi connectivity index (χ0v) is 9.72. The molecule has 0 spiro atoms. The number of rotatable bonds is 2. The van der Waals surface area contributed by atoms with Gasteiger partial charge in [0.1, 0.15) is 12.4 Å². The van der Waals surface area contributed by atoms with Crippen molar-refractivity contribution >= 4 is 22.3 Å². The van der Waals surface area contributed by atoms with Gasteiger partial charge in [-0.25, -0.2) is 0 Å². The van der Waals surface area contributed by atoms with E-state index in [9.17, 15) is 4.79 Å². The molecule has 3 rings (SSSR count). The fraction of sp³-hybridized carbons (Fsp3) is 0.133. The average Bonchev–Trinajstić information content (AvgIpc) is 2.38. The molecule has 0 radical (unpaired) electrons. The molecule has 1 aliphatic heterocycles. The van der Waals surface area contributed by atoms with E-state index >= 15 is 0 Å². The second kappa shape index (κ2) is 4.18. The summed E-state index contributed by atoms with van der Waals surface area (Å²) in [6.45, 7) is 0.438. The molecule has 90 valence electrons. The minimum Gasteiger partial charge on any atom is -0.489 e. The SMILES string of the molecule is O=C(O)CC1=CCOc2ccc3ccccc3c21. The Labute approximate surface area is 104 Å². The van der Waals surface area contributed by atoms with Crippen molar-refractivity contribution < 1.29 is 14.6 Å². The highest BCUT2D eigenvalue weighted by atomic mass is 16.5. The molecule has 1 heterocycles. The van der Waals surface area contributed by atoms with Gasteiger partial charge in [0.2, 0.25) is 0 Å². The van der Waals surface area contributed by atoms with E-state index in [4.69, 9.17) is 9.84 Å². The molecule has 0 atom stereocenters. The van der Waals surface area contributed by atoms with Gasteiger partial charge in [-0.1, -0.05) is 30.3 Å². The molecule has 1 N–H and O–H groups in total. The van der Waals surface area contributed by atoms with Crippen molar-refractivity contribution in [3.63, 3.8) is 0 Å². The largest absolute Gasteiger partial charge is 0.489 e. The highest BCUT2D eigenvalue weighted by Crippen LogP contribution is 2.37. The number of carboxylic acid groups (broad SMARTS) is 1. The van der Waals surface area contributed by atoms with Crippen molar-refractivity contribution in [2.75, 3.05) is 6.61 Å². The molecule has 2 aromatic carbocycles. The minimum absolute atomic E-state index is 0.0321. The van der Waals surface area contributed by atoms with Crippen molar-refractivity contribution in [1.29, 1.82) is 0 Å². The topological polar surface area (TPSA) is 46.5 Å². The first-order valence-corrected chi connectivity index (χ1v) is 5.81. The Bertz CT molecular complexity index is 656. The van der Waals surface area contributed by atoms with Gasteiger partial charge in [0.15, 0.2) is 0 Å². The molecule has 0 amide bonds. The lowest BCUT2D eigenvalue weighted by Gasteiger charge is -2.19. The summed E-state index contributed by atoms with van der Waals surface area (Å²) in [7, 11) is 0. The van der Waals surface area contributed by atoms with Crippen LogP contribution in [0, 0.1) is 0 Å². The molecule has 1 aliphatic rings. The zero-order chi connectivity index (χ0) is 12.5. The van der Waals surface area contributed by atoms with E-state index in [-0.39, 0.29) is 6.42 Å². The fourth-order valence-corrected chi connectivity index (χ4v) is 2.36. The third-order valence-electron chi connectivity index (χ3n) is 3.12. The Morgan fingerprint density at radius 1 is 1.22 bits per heavy atom. The van der Waals surface area contributed by atoms with Crippen LogP contribution in [0.3, 0.4) is 0 Å². The smallest absolute Gasteiger partial charge is 0.307 e. The molecular formula is C15H12O3. The second-order valence-electron chi connectivity index (χ2n) is 4.27. The van der Waals surface area contributed by atoms with Gasteiger partial charge < -0.3 is 9.84 Å². The zero-order valence-electron chi connectivity index (χ0n) is 9.72. The lowest BCUT2D eigenvalue weighted by Crippen LogP contribution is -2.08. The van der Waals surface area contributed by atoms with E-state index in [1.807, 2.05) is 42.5 Å². The van der Waals surface area contributed by atoms with Crippen LogP contribution in [-0.4, -0.2) is 17.7 Å². The molecule has 0 saturated heterocycles. The molecule has 2 aromatic rings. The van der Waals surface area contributed by atoms with Crippen LogP contribution in [0.4, 0.5) is 0 Å². The summed E-state index contributed by atoms with van der Waals surface area (Å²) >= 11 is 0. The quantitative estimate of drug-likeness (QED) is 0.877. The first-order valence-electron chi connectivity index (χ1n) is 5.81. The van der Waals surface area contributed by atoms with Gasteiger partial charge in [-0.3, -0.25) is 4.79 Å². The van der Waals surface area contributed by atoms with E-state index in [0.29, 0.717) is 6.61 Å². The molecule has 0 unspecified atom stereocenters. The van der Waals surface area contributed by atoms with Crippen LogP contribution in [0.5, 0.6) is 5.75 Å². The summed E-state index contributed by atoms with van der Waals surface area (Å²) < 4.78 is 5.57. The van der Waals surface area contributed by atoms with Gasteiger partial charge in [-0.15, -0.1) is 0 Å². The summed E-state index contributed by atoms with van der Waals surface area (Å²) in [6, 6.07) is 11.8. The molecule has 0 bridgehead atoms. The van der Waals surface area contributed by atoms with Gasteiger partial charge >= 0.3 is 5.97 Å². The number of benzene rings is 2. The van der Waals surface area contributed by atoms with Crippen molar-refractivity contribution in [2.45, 2.75) is 6.42 Å². The molecule has 3 nitrogen and oxygen atoms in total. The summed E-state index contributed by atoms with van der Waals surface area (Å²) in [5.74, 6) is -0.0468. The summed E-state index contributed by atoms with van der Waals surface area (Å²) in [5.41, 5.74) is 1.75. The number of hydrogen-bond acceptors (Lipinski definition) is 2. The third-order valence-corrected chi connectivity index (χ3v) is 3.12. The highest BCUT2D eigenvalue weighted by molar-refractivity contribution is 6.00. The van der Waals surface area contributed by atoms with Crippen LogP contribution in [0.25, 0.3) is 16.3 Å². The maximum atomic E-state index is 10.9. The van der Waals surface area contributed by atoms with Crippen molar-refractivity contribution in [2.24, 2.45) is 0 Å². The van der Waals surface area contributed by atoms with E-state index in [1.165, 1.54) is 0 Å². The number of ether oxygens (including phenoxy) is 1. The second-order valence-corrected chi connectivity index (χ2v) is 4.27. The monoisotopic (exact) mass is 240 g/mol. The lowest BCUT2D eigenvalue weighted by atomic mass is 9.94. The molecule has 0 saturated carbocycles. The Balaban J connectivity index is 2.24. The number of carboxylic acids is 1. The standard InChI is InChI=1S/C15H12O3/c16-14(17)9-11-7-8-18-13-6-5-10-3-1-2-4-12(10)15(11)13/h1-7H,8-9H2,(H,16,17). The number of aliphatic carboxylic acids is 1. The Morgan fingerprint density at radius 2 is 2.06 bits per heavy atom. The van der Waals surface area contributed by atoms with E-state index < -0.39 is 5.97 Å². The van der Waals surface area contributed by atoms with Crippen LogP contribution in [0.2, 0.25) is 0 Å². The number of hydrogen-bond donors (Lipinski definition) is 1. The predicted octanol–water partition coefficient (Wildman–Crippen LogP) is 3.09. The molecular weight excluding hydrogens is 228 g/mol. The fourth-order valence-electron chi connectivity index (χ4n) is 2.36. The normalized spacial score (nSPS) is 13.7.